The number of fused-ring (bicyclic) bond motifs is 1. The smallest absolute Gasteiger partial charge is 0.335 e. The van der Waals surface area contributed by atoms with Crippen molar-refractivity contribution >= 4 is 57.4 Å². The fraction of sp³-hybridized carbons (Fsp3) is 0. The van der Waals surface area contributed by atoms with Gasteiger partial charge in [0.05, 0.1) is 16.2 Å². The van der Waals surface area contributed by atoms with Gasteiger partial charge in [-0.15, -0.1) is 0 Å². The third-order valence-electron chi connectivity index (χ3n) is 4.87. The summed E-state index contributed by atoms with van der Waals surface area (Å²) in [6, 6.07) is 16.8. The van der Waals surface area contributed by atoms with E-state index in [2.05, 4.69) is 10.1 Å². The highest BCUT2D eigenvalue weighted by Crippen LogP contribution is 2.33. The molecular formula is C23H13ClN4O4S. The van der Waals surface area contributed by atoms with Crippen molar-refractivity contribution in [3.05, 3.63) is 88.1 Å². The van der Waals surface area contributed by atoms with E-state index in [0.29, 0.717) is 32.7 Å². The monoisotopic (exact) mass is 476 g/mol. The van der Waals surface area contributed by atoms with E-state index in [1.165, 1.54) is 23.2 Å². The summed E-state index contributed by atoms with van der Waals surface area (Å²) in [5.74, 6) is -1.01. The van der Waals surface area contributed by atoms with Gasteiger partial charge in [0, 0.05) is 11.1 Å². The fourth-order valence-electron chi connectivity index (χ4n) is 3.27. The Hall–Kier alpha value is -3.95. The second-order valence-corrected chi connectivity index (χ2v) is 8.36. The Morgan fingerprint density at radius 1 is 1.15 bits per heavy atom. The molecule has 0 unspecified atom stereocenters. The van der Waals surface area contributed by atoms with E-state index in [1.54, 1.807) is 42.5 Å². The predicted molar refractivity (Wildman–Crippen MR) is 127 cm³/mol. The highest BCUT2D eigenvalue weighted by Gasteiger charge is 2.36. The molecule has 8 nitrogen and oxygen atoms in total. The number of carbonyl (C=O) groups is 2. The first-order valence-corrected chi connectivity index (χ1v) is 10.8. The van der Waals surface area contributed by atoms with E-state index >= 15 is 0 Å². The van der Waals surface area contributed by atoms with Crippen molar-refractivity contribution in [1.82, 2.24) is 5.01 Å². The number of nitrogens with zero attached hydrogens (tertiary/aromatic N) is 3. The van der Waals surface area contributed by atoms with E-state index in [-0.39, 0.29) is 22.1 Å². The molecule has 1 aromatic heterocycles. The van der Waals surface area contributed by atoms with Crippen LogP contribution < -0.4 is 0 Å². The number of hydrogen-bond donors (Lipinski definition) is 2. The molecule has 2 aliphatic rings. The Bertz CT molecular complexity index is 1440. The van der Waals surface area contributed by atoms with Crippen LogP contribution in [0.2, 0.25) is 5.02 Å². The third kappa shape index (κ3) is 3.88. The summed E-state index contributed by atoms with van der Waals surface area (Å²) in [5, 5.41) is 24.7. The summed E-state index contributed by atoms with van der Waals surface area (Å²) in [4.78, 5) is 27.9. The first kappa shape index (κ1) is 20.9. The second-order valence-electron chi connectivity index (χ2n) is 6.99. The molecule has 0 aliphatic carbocycles. The largest absolute Gasteiger partial charge is 0.478 e. The molecule has 33 heavy (non-hydrogen) atoms. The Morgan fingerprint density at radius 3 is 2.76 bits per heavy atom. The molecule has 2 aliphatic heterocycles. The number of carboxylic acids is 1. The number of hydrazone groups is 1. The summed E-state index contributed by atoms with van der Waals surface area (Å²) in [5.41, 5.74) is 1.42. The number of benzene rings is 2. The molecule has 0 spiro atoms. The van der Waals surface area contributed by atoms with Gasteiger partial charge in [-0.3, -0.25) is 10.2 Å². The zero-order valence-corrected chi connectivity index (χ0v) is 18.2. The maximum atomic E-state index is 12.6. The van der Waals surface area contributed by atoms with Crippen LogP contribution in [0.15, 0.2) is 80.7 Å². The molecule has 162 valence electrons. The molecule has 1 amide bonds. The van der Waals surface area contributed by atoms with Crippen molar-refractivity contribution in [2.75, 3.05) is 0 Å². The number of nitrogens with one attached hydrogen (secondary N) is 1. The molecule has 2 N–H and O–H groups in total. The number of aliphatic imine (C=N–C) groups is 1. The molecule has 0 radical (unpaired) electrons. The van der Waals surface area contributed by atoms with E-state index in [4.69, 9.17) is 21.4 Å². The number of rotatable bonds is 4. The van der Waals surface area contributed by atoms with E-state index < -0.39 is 11.9 Å². The average molecular weight is 477 g/mol. The minimum atomic E-state index is -1.04. The first-order valence-electron chi connectivity index (χ1n) is 9.59. The predicted octanol–water partition coefficient (Wildman–Crippen LogP) is 4.97. The molecule has 0 saturated heterocycles. The Morgan fingerprint density at radius 2 is 1.97 bits per heavy atom. The average Bonchev–Trinajstić information content (AvgIpc) is 3.44. The van der Waals surface area contributed by atoms with Gasteiger partial charge in [0.2, 0.25) is 5.17 Å². The van der Waals surface area contributed by atoms with Crippen molar-refractivity contribution in [2.45, 2.75) is 0 Å². The van der Waals surface area contributed by atoms with Crippen molar-refractivity contribution < 1.29 is 19.1 Å². The number of halogens is 1. The van der Waals surface area contributed by atoms with Crippen LogP contribution >= 0.6 is 23.4 Å². The Kier molecular flexibility index (Phi) is 5.20. The van der Waals surface area contributed by atoms with Crippen LogP contribution in [0, 0.1) is 5.41 Å². The van der Waals surface area contributed by atoms with Crippen LogP contribution in [0.25, 0.3) is 17.4 Å². The number of carboxylic acid groups (broad SMARTS) is 1. The number of amidine groups is 2. The molecule has 3 heterocycles. The summed E-state index contributed by atoms with van der Waals surface area (Å²) >= 11 is 7.42. The molecule has 2 aromatic carbocycles. The van der Waals surface area contributed by atoms with Gasteiger partial charge < -0.3 is 9.52 Å². The lowest BCUT2D eigenvalue weighted by Gasteiger charge is -2.19. The zero-order valence-electron chi connectivity index (χ0n) is 16.7. The third-order valence-corrected chi connectivity index (χ3v) is 6.14. The number of aromatic carboxylic acids is 1. The SMILES string of the molecule is N=C1/C(=C\c2ccc(-c3cccc(C(=O)O)c3)o2)C(=O)N=C2SC(c3ccccc3Cl)=NN12. The lowest BCUT2D eigenvalue weighted by atomic mass is 10.1. The maximum Gasteiger partial charge on any atom is 0.335 e. The summed E-state index contributed by atoms with van der Waals surface area (Å²) in [6.45, 7) is 0. The molecule has 5 rings (SSSR count). The standard InChI is InChI=1S/C23H13ClN4O4S/c24-17-7-2-1-6-15(17)21-27-28-19(25)16(20(29)26-23(28)33-21)11-14-8-9-18(32-14)12-4-3-5-13(10-12)22(30)31/h1-11,25H,(H,30,31)/b16-11+,25-19?. The summed E-state index contributed by atoms with van der Waals surface area (Å²) in [6.07, 6.45) is 1.42. The minimum Gasteiger partial charge on any atom is -0.478 e. The number of carbonyl (C=O) groups excluding carboxylic acids is 1. The van der Waals surface area contributed by atoms with Crippen LogP contribution in [0.4, 0.5) is 0 Å². The highest BCUT2D eigenvalue weighted by molar-refractivity contribution is 8.27. The van der Waals surface area contributed by atoms with E-state index in [9.17, 15) is 14.7 Å². The van der Waals surface area contributed by atoms with Crippen LogP contribution in [0.5, 0.6) is 0 Å². The van der Waals surface area contributed by atoms with Crippen molar-refractivity contribution in [2.24, 2.45) is 10.1 Å². The van der Waals surface area contributed by atoms with Gasteiger partial charge in [0.1, 0.15) is 16.6 Å². The zero-order chi connectivity index (χ0) is 23.1. The fourth-order valence-corrected chi connectivity index (χ4v) is 4.48. The summed E-state index contributed by atoms with van der Waals surface area (Å²) < 4.78 is 5.78. The normalized spacial score (nSPS) is 16.6. The second kappa shape index (κ2) is 8.19. The minimum absolute atomic E-state index is 0.0173. The Balaban J connectivity index is 1.45. The van der Waals surface area contributed by atoms with Crippen molar-refractivity contribution in [3.8, 4) is 11.3 Å². The number of furan rings is 1. The van der Waals surface area contributed by atoms with Crippen LogP contribution in [0.1, 0.15) is 21.7 Å². The van der Waals surface area contributed by atoms with Gasteiger partial charge in [0.15, 0.2) is 5.84 Å². The molecule has 0 saturated carbocycles. The molecule has 0 fully saturated rings. The van der Waals surface area contributed by atoms with Gasteiger partial charge in [-0.25, -0.2) is 4.79 Å². The lowest BCUT2D eigenvalue weighted by Crippen LogP contribution is -2.35. The van der Waals surface area contributed by atoms with Gasteiger partial charge in [-0.1, -0.05) is 41.9 Å². The molecule has 10 heteroatoms. The lowest BCUT2D eigenvalue weighted by molar-refractivity contribution is -0.114. The highest BCUT2D eigenvalue weighted by atomic mass is 35.5. The van der Waals surface area contributed by atoms with Crippen LogP contribution in [0.3, 0.4) is 0 Å². The molecule has 3 aromatic rings. The van der Waals surface area contributed by atoms with E-state index in [1.807, 2.05) is 6.07 Å². The van der Waals surface area contributed by atoms with Gasteiger partial charge in [0.25, 0.3) is 5.91 Å². The number of hydrogen-bond acceptors (Lipinski definition) is 6. The molecule has 0 atom stereocenters. The number of amides is 1. The maximum absolute atomic E-state index is 12.6. The molecule has 0 bridgehead atoms. The molecular weight excluding hydrogens is 464 g/mol. The van der Waals surface area contributed by atoms with Gasteiger partial charge in [-0.2, -0.15) is 15.1 Å². The first-order chi connectivity index (χ1) is 15.9. The quantitative estimate of drug-likeness (QED) is 0.513. The van der Waals surface area contributed by atoms with Gasteiger partial charge >= 0.3 is 5.97 Å². The van der Waals surface area contributed by atoms with Crippen LogP contribution in [-0.2, 0) is 4.79 Å². The van der Waals surface area contributed by atoms with E-state index in [0.717, 1.165) is 11.8 Å². The Labute approximate surface area is 196 Å². The van der Waals surface area contributed by atoms with Gasteiger partial charge in [-0.05, 0) is 48.2 Å². The van der Waals surface area contributed by atoms with Crippen molar-refractivity contribution in [3.63, 3.8) is 0 Å². The number of thioether (sulfide) groups is 1. The van der Waals surface area contributed by atoms with Crippen LogP contribution in [-0.4, -0.2) is 38.0 Å². The summed E-state index contributed by atoms with van der Waals surface area (Å²) in [7, 11) is 0. The topological polar surface area (TPSA) is 119 Å². The van der Waals surface area contributed by atoms with Crippen molar-refractivity contribution in [1.29, 1.82) is 5.41 Å².